The van der Waals surface area contributed by atoms with Crippen LogP contribution in [0.3, 0.4) is 0 Å². The van der Waals surface area contributed by atoms with E-state index in [0.29, 0.717) is 16.3 Å². The predicted octanol–water partition coefficient (Wildman–Crippen LogP) is 5.16. The molecule has 0 bridgehead atoms. The second-order valence-corrected chi connectivity index (χ2v) is 7.23. The molecule has 0 saturated heterocycles. The lowest BCUT2D eigenvalue weighted by Gasteiger charge is -2.07. The second kappa shape index (κ2) is 7.82. The van der Waals surface area contributed by atoms with Gasteiger partial charge in [-0.15, -0.1) is 0 Å². The smallest absolute Gasteiger partial charge is 0.255 e. The quantitative estimate of drug-likeness (QED) is 0.459. The first-order chi connectivity index (χ1) is 13.2. The number of hydrogen-bond acceptors (Lipinski definition) is 4. The molecule has 0 fully saturated rings. The Morgan fingerprint density at radius 1 is 1.11 bits per heavy atom. The molecular weight excluding hydrogens is 380 g/mol. The second-order valence-electron chi connectivity index (χ2n) is 5.85. The fourth-order valence-corrected chi connectivity index (χ4v) is 3.58. The number of fused-ring (bicyclic) bond motifs is 1. The number of carbonyl (C=O) groups excluding carboxylic acids is 1. The molecule has 2 heterocycles. The summed E-state index contributed by atoms with van der Waals surface area (Å²) in [5.41, 5.74) is 4.21. The molecule has 0 atom stereocenters. The molecule has 2 N–H and O–H groups in total. The number of imidazole rings is 1. The lowest BCUT2D eigenvalue weighted by Crippen LogP contribution is -2.12. The van der Waals surface area contributed by atoms with E-state index in [4.69, 9.17) is 11.6 Å². The van der Waals surface area contributed by atoms with Crippen molar-refractivity contribution in [2.75, 3.05) is 5.32 Å². The van der Waals surface area contributed by atoms with Gasteiger partial charge in [-0.2, -0.15) is 0 Å². The fourth-order valence-electron chi connectivity index (χ4n) is 2.57. The van der Waals surface area contributed by atoms with E-state index in [9.17, 15) is 4.79 Å². The van der Waals surface area contributed by atoms with Gasteiger partial charge in [-0.1, -0.05) is 47.6 Å². The van der Waals surface area contributed by atoms with Crippen LogP contribution in [0.5, 0.6) is 0 Å². The first-order valence-corrected chi connectivity index (χ1v) is 9.63. The third kappa shape index (κ3) is 4.13. The zero-order valence-corrected chi connectivity index (χ0v) is 15.7. The number of thioether (sulfide) groups is 1. The van der Waals surface area contributed by atoms with Gasteiger partial charge >= 0.3 is 0 Å². The van der Waals surface area contributed by atoms with Gasteiger partial charge in [0.05, 0.1) is 21.7 Å². The van der Waals surface area contributed by atoms with E-state index in [2.05, 4.69) is 20.3 Å². The van der Waals surface area contributed by atoms with Gasteiger partial charge in [0.1, 0.15) is 0 Å². The SMILES string of the molecule is O=C(Nc1ccncc1Cl)c1ccc(CSc2nc3ccccc3[nH]2)cc1. The molecule has 0 aliphatic rings. The summed E-state index contributed by atoms with van der Waals surface area (Å²) in [6.45, 7) is 0. The van der Waals surface area contributed by atoms with Gasteiger partial charge in [-0.3, -0.25) is 9.78 Å². The highest BCUT2D eigenvalue weighted by Gasteiger charge is 2.09. The molecular formula is C20H15ClN4OS. The summed E-state index contributed by atoms with van der Waals surface area (Å²) in [6.07, 6.45) is 3.08. The van der Waals surface area contributed by atoms with Crippen molar-refractivity contribution in [2.24, 2.45) is 0 Å². The normalized spacial score (nSPS) is 10.9. The number of hydrogen-bond donors (Lipinski definition) is 2. The van der Waals surface area contributed by atoms with Gasteiger partial charge in [0, 0.05) is 23.7 Å². The summed E-state index contributed by atoms with van der Waals surface area (Å²) >= 11 is 7.65. The molecule has 0 aliphatic carbocycles. The number of halogens is 1. The van der Waals surface area contributed by atoms with Crippen LogP contribution in [-0.2, 0) is 5.75 Å². The molecule has 4 aromatic rings. The third-order valence-electron chi connectivity index (χ3n) is 3.98. The summed E-state index contributed by atoms with van der Waals surface area (Å²) in [5, 5.41) is 4.07. The van der Waals surface area contributed by atoms with Crippen LogP contribution < -0.4 is 5.32 Å². The molecule has 4 rings (SSSR count). The van der Waals surface area contributed by atoms with Crippen LogP contribution in [0, 0.1) is 0 Å². The summed E-state index contributed by atoms with van der Waals surface area (Å²) in [7, 11) is 0. The van der Waals surface area contributed by atoms with E-state index in [1.165, 1.54) is 6.20 Å². The van der Waals surface area contributed by atoms with Gasteiger partial charge in [0.2, 0.25) is 0 Å². The Bertz CT molecular complexity index is 1060. The number of amides is 1. The monoisotopic (exact) mass is 394 g/mol. The molecule has 0 aliphatic heterocycles. The van der Waals surface area contributed by atoms with Gasteiger partial charge in [-0.05, 0) is 35.9 Å². The molecule has 2 aromatic heterocycles. The number of para-hydroxylation sites is 2. The highest BCUT2D eigenvalue weighted by molar-refractivity contribution is 7.98. The minimum atomic E-state index is -0.209. The zero-order chi connectivity index (χ0) is 18.6. The van der Waals surface area contributed by atoms with Crippen molar-refractivity contribution in [3.05, 3.63) is 83.1 Å². The van der Waals surface area contributed by atoms with Crippen LogP contribution in [0.2, 0.25) is 5.02 Å². The van der Waals surface area contributed by atoms with Crippen molar-refractivity contribution < 1.29 is 4.79 Å². The van der Waals surface area contributed by atoms with E-state index < -0.39 is 0 Å². The molecule has 0 spiro atoms. The summed E-state index contributed by atoms with van der Waals surface area (Å²) in [4.78, 5) is 24.1. The molecule has 0 saturated carbocycles. The van der Waals surface area contributed by atoms with Crippen molar-refractivity contribution in [1.82, 2.24) is 15.0 Å². The van der Waals surface area contributed by atoms with E-state index in [0.717, 1.165) is 27.5 Å². The summed E-state index contributed by atoms with van der Waals surface area (Å²) in [6, 6.07) is 17.1. The average molecular weight is 395 g/mol. The largest absolute Gasteiger partial charge is 0.333 e. The molecule has 5 nitrogen and oxygen atoms in total. The molecule has 27 heavy (non-hydrogen) atoms. The highest BCUT2D eigenvalue weighted by atomic mass is 35.5. The Hall–Kier alpha value is -2.83. The van der Waals surface area contributed by atoms with Crippen molar-refractivity contribution in [2.45, 2.75) is 10.9 Å². The molecule has 2 aromatic carbocycles. The summed E-state index contributed by atoms with van der Waals surface area (Å²) in [5.74, 6) is 0.553. The number of aromatic nitrogens is 3. The van der Waals surface area contributed by atoms with Gasteiger partial charge < -0.3 is 10.3 Å². The maximum Gasteiger partial charge on any atom is 0.255 e. The number of pyridine rings is 1. The maximum atomic E-state index is 12.3. The van der Waals surface area contributed by atoms with E-state index in [-0.39, 0.29) is 5.91 Å². The van der Waals surface area contributed by atoms with Crippen LogP contribution in [0.4, 0.5) is 5.69 Å². The number of carbonyl (C=O) groups is 1. The maximum absolute atomic E-state index is 12.3. The molecule has 0 unspecified atom stereocenters. The Morgan fingerprint density at radius 3 is 2.70 bits per heavy atom. The first-order valence-electron chi connectivity index (χ1n) is 8.26. The van der Waals surface area contributed by atoms with Crippen molar-refractivity contribution in [3.63, 3.8) is 0 Å². The number of benzene rings is 2. The summed E-state index contributed by atoms with van der Waals surface area (Å²) < 4.78 is 0. The van der Waals surface area contributed by atoms with Crippen LogP contribution >= 0.6 is 23.4 Å². The molecule has 1 amide bonds. The van der Waals surface area contributed by atoms with Crippen LogP contribution in [0.25, 0.3) is 11.0 Å². The lowest BCUT2D eigenvalue weighted by molar-refractivity contribution is 0.102. The van der Waals surface area contributed by atoms with E-state index >= 15 is 0 Å². The van der Waals surface area contributed by atoms with Crippen LogP contribution in [-0.4, -0.2) is 20.9 Å². The highest BCUT2D eigenvalue weighted by Crippen LogP contribution is 2.24. The van der Waals surface area contributed by atoms with Crippen LogP contribution in [0.1, 0.15) is 15.9 Å². The van der Waals surface area contributed by atoms with Crippen LogP contribution in [0.15, 0.2) is 72.1 Å². The predicted molar refractivity (Wildman–Crippen MR) is 109 cm³/mol. The molecule has 0 radical (unpaired) electrons. The van der Waals surface area contributed by atoms with Gasteiger partial charge in [-0.25, -0.2) is 4.98 Å². The zero-order valence-electron chi connectivity index (χ0n) is 14.1. The van der Waals surface area contributed by atoms with Gasteiger partial charge in [0.15, 0.2) is 5.16 Å². The average Bonchev–Trinajstić information content (AvgIpc) is 3.11. The van der Waals surface area contributed by atoms with Crippen molar-refractivity contribution >= 4 is 46.0 Å². The fraction of sp³-hybridized carbons (Fsp3) is 0.0500. The first kappa shape index (κ1) is 17.6. The lowest BCUT2D eigenvalue weighted by atomic mass is 10.1. The Kier molecular flexibility index (Phi) is 5.09. The third-order valence-corrected chi connectivity index (χ3v) is 5.23. The minimum absolute atomic E-state index is 0.209. The standard InChI is InChI=1S/C20H15ClN4OS/c21-15-11-22-10-9-16(15)23-19(26)14-7-5-13(6-8-14)12-27-20-24-17-3-1-2-4-18(17)25-20/h1-11H,12H2,(H,24,25)(H,22,23,26). The number of nitrogens with one attached hydrogen (secondary N) is 2. The number of anilines is 1. The Labute approximate surface area is 165 Å². The number of nitrogens with zero attached hydrogens (tertiary/aromatic N) is 2. The molecule has 7 heteroatoms. The van der Waals surface area contributed by atoms with E-state index in [1.807, 2.05) is 36.4 Å². The number of aromatic amines is 1. The van der Waals surface area contributed by atoms with E-state index in [1.54, 1.807) is 36.2 Å². The van der Waals surface area contributed by atoms with Crippen molar-refractivity contribution in [3.8, 4) is 0 Å². The topological polar surface area (TPSA) is 70.7 Å². The Balaban J connectivity index is 1.39. The van der Waals surface area contributed by atoms with Gasteiger partial charge in [0.25, 0.3) is 5.91 Å². The number of rotatable bonds is 5. The number of H-pyrrole nitrogens is 1. The minimum Gasteiger partial charge on any atom is -0.333 e. The van der Waals surface area contributed by atoms with Crippen molar-refractivity contribution in [1.29, 1.82) is 0 Å². The molecule has 134 valence electrons. The Morgan fingerprint density at radius 2 is 1.93 bits per heavy atom.